The van der Waals surface area contributed by atoms with Crippen molar-refractivity contribution in [3.63, 3.8) is 0 Å². The SMILES string of the molecule is Cc1oc(-c2ccccc2)nc1CN[C@H]1CCOC12CCOCC2. The van der Waals surface area contributed by atoms with Gasteiger partial charge in [-0.25, -0.2) is 4.98 Å². The number of rotatable bonds is 4. The molecule has 0 amide bonds. The Morgan fingerprint density at radius 1 is 1.17 bits per heavy atom. The minimum absolute atomic E-state index is 0.0574. The van der Waals surface area contributed by atoms with Crippen molar-refractivity contribution < 1.29 is 13.9 Å². The summed E-state index contributed by atoms with van der Waals surface area (Å²) in [7, 11) is 0. The van der Waals surface area contributed by atoms with Crippen molar-refractivity contribution in [2.45, 2.75) is 44.4 Å². The summed E-state index contributed by atoms with van der Waals surface area (Å²) in [6, 6.07) is 10.4. The second-order valence-electron chi connectivity index (χ2n) is 6.64. The first-order chi connectivity index (χ1) is 11.8. The van der Waals surface area contributed by atoms with Crippen LogP contribution in [-0.2, 0) is 16.0 Å². The summed E-state index contributed by atoms with van der Waals surface area (Å²) in [6.07, 6.45) is 2.98. The molecule has 5 heteroatoms. The molecule has 3 heterocycles. The Morgan fingerprint density at radius 3 is 2.75 bits per heavy atom. The second kappa shape index (κ2) is 6.67. The summed E-state index contributed by atoms with van der Waals surface area (Å²) in [5.74, 6) is 1.56. The van der Waals surface area contributed by atoms with E-state index < -0.39 is 0 Å². The van der Waals surface area contributed by atoms with Crippen LogP contribution in [0.2, 0.25) is 0 Å². The maximum atomic E-state index is 6.10. The Balaban J connectivity index is 1.45. The van der Waals surface area contributed by atoms with Gasteiger partial charge in [-0.1, -0.05) is 18.2 Å². The lowest BCUT2D eigenvalue weighted by Crippen LogP contribution is -2.50. The number of ether oxygens (including phenoxy) is 2. The van der Waals surface area contributed by atoms with Crippen LogP contribution in [0.3, 0.4) is 0 Å². The number of nitrogens with one attached hydrogen (secondary N) is 1. The zero-order chi connectivity index (χ0) is 16.4. The number of hydrogen-bond acceptors (Lipinski definition) is 5. The van der Waals surface area contributed by atoms with Crippen LogP contribution in [0.4, 0.5) is 0 Å². The van der Waals surface area contributed by atoms with Crippen molar-refractivity contribution >= 4 is 0 Å². The second-order valence-corrected chi connectivity index (χ2v) is 6.64. The molecule has 1 spiro atoms. The van der Waals surface area contributed by atoms with E-state index >= 15 is 0 Å². The van der Waals surface area contributed by atoms with E-state index in [1.54, 1.807) is 0 Å². The fourth-order valence-electron chi connectivity index (χ4n) is 3.76. The molecule has 0 unspecified atom stereocenters. The third-order valence-electron chi connectivity index (χ3n) is 5.20. The first-order valence-electron chi connectivity index (χ1n) is 8.74. The Bertz CT molecular complexity index is 677. The molecule has 0 bridgehead atoms. The highest BCUT2D eigenvalue weighted by molar-refractivity contribution is 5.53. The fraction of sp³-hybridized carbons (Fsp3) is 0.526. The quantitative estimate of drug-likeness (QED) is 0.935. The Morgan fingerprint density at radius 2 is 1.96 bits per heavy atom. The molecule has 2 saturated heterocycles. The summed E-state index contributed by atoms with van der Waals surface area (Å²) >= 11 is 0. The van der Waals surface area contributed by atoms with Crippen LogP contribution in [-0.4, -0.2) is 36.4 Å². The van der Waals surface area contributed by atoms with E-state index in [1.165, 1.54) is 0 Å². The average Bonchev–Trinajstić information content (AvgIpc) is 3.18. The van der Waals surface area contributed by atoms with Gasteiger partial charge in [-0.15, -0.1) is 0 Å². The van der Waals surface area contributed by atoms with Crippen LogP contribution < -0.4 is 5.32 Å². The molecule has 2 aliphatic heterocycles. The predicted molar refractivity (Wildman–Crippen MR) is 90.7 cm³/mol. The topological polar surface area (TPSA) is 56.5 Å². The lowest BCUT2D eigenvalue weighted by molar-refractivity contribution is -0.0886. The first kappa shape index (κ1) is 15.8. The zero-order valence-electron chi connectivity index (χ0n) is 14.1. The molecule has 4 rings (SSSR count). The van der Waals surface area contributed by atoms with Crippen LogP contribution in [0.25, 0.3) is 11.5 Å². The van der Waals surface area contributed by atoms with Crippen LogP contribution in [0.15, 0.2) is 34.7 Å². The molecule has 0 radical (unpaired) electrons. The van der Waals surface area contributed by atoms with Crippen LogP contribution in [0.1, 0.15) is 30.7 Å². The van der Waals surface area contributed by atoms with E-state index in [0.717, 1.165) is 56.1 Å². The number of aryl methyl sites for hydroxylation is 1. The fourth-order valence-corrected chi connectivity index (χ4v) is 3.76. The minimum Gasteiger partial charge on any atom is -0.441 e. The van der Waals surface area contributed by atoms with Crippen LogP contribution in [0, 0.1) is 6.92 Å². The normalized spacial score (nSPS) is 23.0. The van der Waals surface area contributed by atoms with E-state index in [0.29, 0.717) is 18.5 Å². The van der Waals surface area contributed by atoms with E-state index in [-0.39, 0.29) is 5.60 Å². The van der Waals surface area contributed by atoms with Gasteiger partial charge in [-0.2, -0.15) is 0 Å². The summed E-state index contributed by atoms with van der Waals surface area (Å²) in [5.41, 5.74) is 1.93. The highest BCUT2D eigenvalue weighted by Gasteiger charge is 2.45. The van der Waals surface area contributed by atoms with Crippen LogP contribution >= 0.6 is 0 Å². The van der Waals surface area contributed by atoms with Gasteiger partial charge in [0, 0.05) is 50.8 Å². The van der Waals surface area contributed by atoms with Gasteiger partial charge in [0.1, 0.15) is 5.76 Å². The van der Waals surface area contributed by atoms with Gasteiger partial charge in [-0.05, 0) is 25.5 Å². The lowest BCUT2D eigenvalue weighted by Gasteiger charge is -2.38. The number of aromatic nitrogens is 1. The number of hydrogen-bond donors (Lipinski definition) is 1. The monoisotopic (exact) mass is 328 g/mol. The maximum absolute atomic E-state index is 6.10. The standard InChI is InChI=1S/C19H24N2O3/c1-14-16(21-18(24-14)15-5-3-2-4-6-15)13-20-17-7-10-23-19(17)8-11-22-12-9-19/h2-6,17,20H,7-13H2,1H3/t17-/m0/s1. The molecule has 24 heavy (non-hydrogen) atoms. The molecule has 2 aromatic rings. The largest absolute Gasteiger partial charge is 0.441 e. The smallest absolute Gasteiger partial charge is 0.226 e. The molecule has 1 N–H and O–H groups in total. The number of benzene rings is 1. The maximum Gasteiger partial charge on any atom is 0.226 e. The Kier molecular flexibility index (Phi) is 4.39. The summed E-state index contributed by atoms with van der Waals surface area (Å²) in [5, 5.41) is 3.66. The molecule has 2 aliphatic rings. The molecule has 128 valence electrons. The zero-order valence-corrected chi connectivity index (χ0v) is 14.1. The Labute approximate surface area is 142 Å². The highest BCUT2D eigenvalue weighted by atomic mass is 16.5. The third-order valence-corrected chi connectivity index (χ3v) is 5.20. The lowest BCUT2D eigenvalue weighted by atomic mass is 9.86. The molecular weight excluding hydrogens is 304 g/mol. The first-order valence-corrected chi connectivity index (χ1v) is 8.74. The molecule has 0 saturated carbocycles. The van der Waals surface area contributed by atoms with Crippen molar-refractivity contribution in [1.82, 2.24) is 10.3 Å². The van der Waals surface area contributed by atoms with Gasteiger partial charge in [0.05, 0.1) is 11.3 Å². The number of oxazole rings is 1. The van der Waals surface area contributed by atoms with E-state index in [4.69, 9.17) is 13.9 Å². The van der Waals surface area contributed by atoms with Gasteiger partial charge in [0.25, 0.3) is 0 Å². The van der Waals surface area contributed by atoms with Gasteiger partial charge in [-0.3, -0.25) is 0 Å². The summed E-state index contributed by atoms with van der Waals surface area (Å²) in [6.45, 7) is 5.09. The molecule has 0 aliphatic carbocycles. The summed E-state index contributed by atoms with van der Waals surface area (Å²) in [4.78, 5) is 4.68. The van der Waals surface area contributed by atoms with Crippen LogP contribution in [0.5, 0.6) is 0 Å². The Hall–Kier alpha value is -1.69. The van der Waals surface area contributed by atoms with E-state index in [1.807, 2.05) is 37.3 Å². The predicted octanol–water partition coefficient (Wildman–Crippen LogP) is 3.08. The van der Waals surface area contributed by atoms with Gasteiger partial charge in [0.15, 0.2) is 0 Å². The molecular formula is C19H24N2O3. The minimum atomic E-state index is -0.0574. The van der Waals surface area contributed by atoms with E-state index in [9.17, 15) is 0 Å². The van der Waals surface area contributed by atoms with Gasteiger partial charge in [0.2, 0.25) is 5.89 Å². The highest BCUT2D eigenvalue weighted by Crippen LogP contribution is 2.35. The molecule has 1 aromatic carbocycles. The molecule has 1 aromatic heterocycles. The van der Waals surface area contributed by atoms with Gasteiger partial charge >= 0.3 is 0 Å². The van der Waals surface area contributed by atoms with Crippen molar-refractivity contribution in [1.29, 1.82) is 0 Å². The van der Waals surface area contributed by atoms with Crippen molar-refractivity contribution in [2.75, 3.05) is 19.8 Å². The molecule has 1 atom stereocenters. The van der Waals surface area contributed by atoms with Gasteiger partial charge < -0.3 is 19.2 Å². The third kappa shape index (κ3) is 2.99. The van der Waals surface area contributed by atoms with Crippen molar-refractivity contribution in [3.05, 3.63) is 41.8 Å². The number of nitrogens with zero attached hydrogens (tertiary/aromatic N) is 1. The van der Waals surface area contributed by atoms with Crippen molar-refractivity contribution in [3.8, 4) is 11.5 Å². The molecule has 5 nitrogen and oxygen atoms in total. The molecule has 2 fully saturated rings. The average molecular weight is 328 g/mol. The van der Waals surface area contributed by atoms with Crippen molar-refractivity contribution in [2.24, 2.45) is 0 Å². The van der Waals surface area contributed by atoms with E-state index in [2.05, 4.69) is 10.3 Å². The summed E-state index contributed by atoms with van der Waals surface area (Å²) < 4.78 is 17.5.